The summed E-state index contributed by atoms with van der Waals surface area (Å²) in [5.74, 6) is 0.0619. The van der Waals surface area contributed by atoms with Crippen LogP contribution in [0, 0.1) is 11.3 Å². The lowest BCUT2D eigenvalue weighted by atomic mass is 9.88. The summed E-state index contributed by atoms with van der Waals surface area (Å²) < 4.78 is 25.2. The van der Waals surface area contributed by atoms with Crippen molar-refractivity contribution in [2.24, 2.45) is 0 Å². The Kier molecular flexibility index (Phi) is 6.81. The lowest BCUT2D eigenvalue weighted by Gasteiger charge is -2.36. The summed E-state index contributed by atoms with van der Waals surface area (Å²) in [4.78, 5) is 24.2. The number of carboxylic acid groups (broad SMARTS) is 1. The standard InChI is InChI=1S/C24H27N3O6S/c25-13-21(26-22(28)24(27-23(29)30)7-9-33-10-8-24)11-16-1-3-17(4-2-16)18-5-6-19-14-34(31,32)15-20(19)12-18/h1-6,12,21,27,31-32H,7-11,14-15H2,(H,26,28)(H,29,30)/t21-/m0/s1. The second kappa shape index (κ2) is 9.64. The molecule has 34 heavy (non-hydrogen) atoms. The highest BCUT2D eigenvalue weighted by molar-refractivity contribution is 8.23. The van der Waals surface area contributed by atoms with Gasteiger partial charge in [-0.05, 0) is 33.9 Å². The first-order chi connectivity index (χ1) is 16.2. The average molecular weight is 486 g/mol. The zero-order valence-corrected chi connectivity index (χ0v) is 19.3. The molecule has 5 N–H and O–H groups in total. The Morgan fingerprint density at radius 1 is 1.06 bits per heavy atom. The number of rotatable bonds is 6. The molecule has 4 rings (SSSR count). The third-order valence-corrected chi connectivity index (χ3v) is 7.84. The minimum atomic E-state index is -2.57. The summed E-state index contributed by atoms with van der Waals surface area (Å²) in [5, 5.41) is 23.8. The van der Waals surface area contributed by atoms with Crippen LogP contribution < -0.4 is 10.6 Å². The molecule has 2 aromatic rings. The van der Waals surface area contributed by atoms with Gasteiger partial charge in [0.2, 0.25) is 5.91 Å². The quantitative estimate of drug-likeness (QED) is 0.420. The van der Waals surface area contributed by atoms with Crippen molar-refractivity contribution in [3.63, 3.8) is 0 Å². The average Bonchev–Trinajstić information content (AvgIpc) is 3.12. The van der Waals surface area contributed by atoms with Gasteiger partial charge in [-0.3, -0.25) is 13.9 Å². The van der Waals surface area contributed by atoms with E-state index in [9.17, 15) is 29.1 Å². The van der Waals surface area contributed by atoms with Crippen LogP contribution in [-0.2, 0) is 27.5 Å². The maximum absolute atomic E-state index is 12.9. The van der Waals surface area contributed by atoms with Crippen LogP contribution in [0.5, 0.6) is 0 Å². The fourth-order valence-electron chi connectivity index (χ4n) is 4.46. The molecule has 2 amide bonds. The topological polar surface area (TPSA) is 152 Å². The number of carbonyl (C=O) groups is 2. The van der Waals surface area contributed by atoms with E-state index in [2.05, 4.69) is 16.7 Å². The van der Waals surface area contributed by atoms with E-state index in [0.29, 0.717) is 5.75 Å². The largest absolute Gasteiger partial charge is 0.465 e. The van der Waals surface area contributed by atoms with Crippen molar-refractivity contribution in [1.82, 2.24) is 10.6 Å². The molecule has 0 radical (unpaired) electrons. The number of fused-ring (bicyclic) bond motifs is 1. The maximum atomic E-state index is 12.9. The molecule has 1 atom stereocenters. The zero-order chi connectivity index (χ0) is 24.3. The Morgan fingerprint density at radius 2 is 1.71 bits per heavy atom. The van der Waals surface area contributed by atoms with Gasteiger partial charge in [0.05, 0.1) is 17.6 Å². The third kappa shape index (κ3) is 5.34. The Labute approximate surface area is 199 Å². The summed E-state index contributed by atoms with van der Waals surface area (Å²) in [7, 11) is -2.57. The van der Waals surface area contributed by atoms with Crippen molar-refractivity contribution in [2.45, 2.75) is 42.3 Å². The Morgan fingerprint density at radius 3 is 2.35 bits per heavy atom. The molecule has 10 heteroatoms. The van der Waals surface area contributed by atoms with E-state index in [1.807, 2.05) is 42.5 Å². The first kappa shape index (κ1) is 24.0. The molecule has 0 saturated carbocycles. The van der Waals surface area contributed by atoms with E-state index in [1.54, 1.807) is 0 Å². The highest BCUT2D eigenvalue weighted by Gasteiger charge is 2.42. The Balaban J connectivity index is 1.43. The molecular formula is C24H27N3O6S. The number of nitrogens with zero attached hydrogens (tertiary/aromatic N) is 1. The number of amides is 2. The molecule has 1 saturated heterocycles. The Hall–Kier alpha value is -3.10. The lowest BCUT2D eigenvalue weighted by Crippen LogP contribution is -2.62. The Bertz CT molecular complexity index is 1120. The molecule has 1 fully saturated rings. The van der Waals surface area contributed by atoms with Crippen LogP contribution in [0.1, 0.15) is 29.5 Å². The van der Waals surface area contributed by atoms with Crippen molar-refractivity contribution >= 4 is 22.6 Å². The van der Waals surface area contributed by atoms with Gasteiger partial charge in [0.25, 0.3) is 0 Å². The monoisotopic (exact) mass is 485 g/mol. The van der Waals surface area contributed by atoms with Gasteiger partial charge in [0, 0.05) is 32.5 Å². The van der Waals surface area contributed by atoms with Gasteiger partial charge in [-0.15, -0.1) is 0 Å². The highest BCUT2D eigenvalue weighted by atomic mass is 32.3. The van der Waals surface area contributed by atoms with E-state index in [0.717, 1.165) is 27.8 Å². The SMILES string of the molecule is N#C[C@H](Cc1ccc(-c2ccc3c(c2)CS(O)(O)C3)cc1)NC(=O)C1(NC(=O)O)CCOCC1. The lowest BCUT2D eigenvalue weighted by molar-refractivity contribution is -0.131. The molecule has 2 aliphatic heterocycles. The van der Waals surface area contributed by atoms with Crippen molar-refractivity contribution in [1.29, 1.82) is 5.26 Å². The number of carbonyl (C=O) groups excluding carboxylic acids is 1. The maximum Gasteiger partial charge on any atom is 0.405 e. The van der Waals surface area contributed by atoms with Gasteiger partial charge >= 0.3 is 6.09 Å². The zero-order valence-electron chi connectivity index (χ0n) is 18.5. The summed E-state index contributed by atoms with van der Waals surface area (Å²) in [6.45, 7) is 0.516. The predicted octanol–water partition coefficient (Wildman–Crippen LogP) is 3.49. The van der Waals surface area contributed by atoms with Crippen molar-refractivity contribution < 1.29 is 28.5 Å². The van der Waals surface area contributed by atoms with E-state index in [4.69, 9.17) is 4.74 Å². The normalized spacial score (nSPS) is 19.8. The molecule has 0 unspecified atom stereocenters. The van der Waals surface area contributed by atoms with Crippen LogP contribution in [0.25, 0.3) is 11.1 Å². The highest BCUT2D eigenvalue weighted by Crippen LogP contribution is 2.53. The molecule has 2 aromatic carbocycles. The minimum Gasteiger partial charge on any atom is -0.465 e. The van der Waals surface area contributed by atoms with Gasteiger partial charge in [-0.25, -0.2) is 4.79 Å². The summed E-state index contributed by atoms with van der Waals surface area (Å²) in [6.07, 6.45) is -0.618. The molecule has 2 aliphatic rings. The van der Waals surface area contributed by atoms with Crippen LogP contribution in [0.4, 0.5) is 4.79 Å². The van der Waals surface area contributed by atoms with Gasteiger partial charge in [0.1, 0.15) is 11.6 Å². The third-order valence-electron chi connectivity index (χ3n) is 6.30. The van der Waals surface area contributed by atoms with Gasteiger partial charge < -0.3 is 20.5 Å². The molecule has 0 spiro atoms. The van der Waals surface area contributed by atoms with Gasteiger partial charge in [0.15, 0.2) is 0 Å². The molecule has 2 heterocycles. The van der Waals surface area contributed by atoms with Crippen LogP contribution in [0.3, 0.4) is 0 Å². The molecule has 0 bridgehead atoms. The molecule has 0 aromatic heterocycles. The number of hydrogen-bond donors (Lipinski definition) is 5. The van der Waals surface area contributed by atoms with E-state index in [1.165, 1.54) is 0 Å². The summed E-state index contributed by atoms with van der Waals surface area (Å²) >= 11 is 0. The second-order valence-corrected chi connectivity index (χ2v) is 10.9. The van der Waals surface area contributed by atoms with Crippen LogP contribution >= 0.6 is 10.6 Å². The fourth-order valence-corrected chi connectivity index (χ4v) is 6.11. The van der Waals surface area contributed by atoms with Gasteiger partial charge in [-0.2, -0.15) is 15.9 Å². The van der Waals surface area contributed by atoms with Crippen LogP contribution in [0.15, 0.2) is 42.5 Å². The predicted molar refractivity (Wildman–Crippen MR) is 127 cm³/mol. The molecule has 0 aliphatic carbocycles. The van der Waals surface area contributed by atoms with Crippen LogP contribution in [-0.4, -0.2) is 51.0 Å². The fraction of sp³-hybridized carbons (Fsp3) is 0.375. The van der Waals surface area contributed by atoms with E-state index < -0.39 is 34.2 Å². The number of benzene rings is 2. The number of nitriles is 1. The van der Waals surface area contributed by atoms with Crippen molar-refractivity contribution in [3.8, 4) is 17.2 Å². The smallest absolute Gasteiger partial charge is 0.405 e. The molecular weight excluding hydrogens is 458 g/mol. The first-order valence-corrected chi connectivity index (χ1v) is 12.8. The van der Waals surface area contributed by atoms with E-state index >= 15 is 0 Å². The van der Waals surface area contributed by atoms with Gasteiger partial charge in [-0.1, -0.05) is 36.4 Å². The number of ether oxygens (including phenoxy) is 1. The number of nitrogens with one attached hydrogen (secondary N) is 2. The minimum absolute atomic E-state index is 0.202. The molecule has 9 nitrogen and oxygen atoms in total. The first-order valence-electron chi connectivity index (χ1n) is 10.9. The van der Waals surface area contributed by atoms with Crippen molar-refractivity contribution in [3.05, 3.63) is 59.2 Å². The molecule has 180 valence electrons. The summed E-state index contributed by atoms with van der Waals surface area (Å²) in [6, 6.07) is 14.7. The summed E-state index contributed by atoms with van der Waals surface area (Å²) in [5.41, 5.74) is 3.38. The van der Waals surface area contributed by atoms with E-state index in [-0.39, 0.29) is 38.2 Å². The number of hydrogen-bond acceptors (Lipinski definition) is 6. The van der Waals surface area contributed by atoms with Crippen molar-refractivity contribution in [2.75, 3.05) is 13.2 Å². The van der Waals surface area contributed by atoms with Crippen LogP contribution in [0.2, 0.25) is 0 Å². The second-order valence-electron chi connectivity index (χ2n) is 8.76.